The lowest BCUT2D eigenvalue weighted by Gasteiger charge is -2.18. The van der Waals surface area contributed by atoms with Gasteiger partial charge in [0.25, 0.3) is 0 Å². The van der Waals surface area contributed by atoms with Gasteiger partial charge in [0, 0.05) is 23.7 Å². The van der Waals surface area contributed by atoms with E-state index in [2.05, 4.69) is 17.2 Å². The number of nitrogens with one attached hydrogen (secondary N) is 2. The van der Waals surface area contributed by atoms with E-state index in [0.29, 0.717) is 23.4 Å². The van der Waals surface area contributed by atoms with Crippen molar-refractivity contribution in [1.82, 2.24) is 10.6 Å². The molecule has 0 unspecified atom stereocenters. The molecular formula is C29H26N2O6. The molecule has 0 heterocycles. The molecule has 8 heteroatoms. The molecule has 0 atom stereocenters. The van der Waals surface area contributed by atoms with Crippen molar-refractivity contribution >= 4 is 39.7 Å². The molecular weight excluding hydrogens is 472 g/mol. The second-order valence-corrected chi connectivity index (χ2v) is 7.93. The number of hydrogen-bond acceptors (Lipinski definition) is 6. The van der Waals surface area contributed by atoms with Crippen LogP contribution in [-0.2, 0) is 9.53 Å². The summed E-state index contributed by atoms with van der Waals surface area (Å²) in [6.45, 7) is 5.57. The normalized spacial score (nSPS) is 10.5. The minimum atomic E-state index is -0.724. The van der Waals surface area contributed by atoms with E-state index in [4.69, 9.17) is 14.2 Å². The van der Waals surface area contributed by atoms with Gasteiger partial charge in [0.1, 0.15) is 18.1 Å². The van der Waals surface area contributed by atoms with Gasteiger partial charge in [-0.05, 0) is 40.6 Å². The van der Waals surface area contributed by atoms with Crippen LogP contribution < -0.4 is 20.1 Å². The molecule has 0 aliphatic carbocycles. The number of rotatable bonds is 8. The van der Waals surface area contributed by atoms with E-state index >= 15 is 0 Å². The average molecular weight is 499 g/mol. The molecule has 2 N–H and O–H groups in total. The van der Waals surface area contributed by atoms with Crippen molar-refractivity contribution in [2.75, 3.05) is 19.7 Å². The van der Waals surface area contributed by atoms with E-state index in [1.54, 1.807) is 19.1 Å². The molecule has 4 aromatic rings. The Morgan fingerprint density at radius 1 is 0.757 bits per heavy atom. The summed E-state index contributed by atoms with van der Waals surface area (Å²) in [7, 11) is 0. The molecule has 4 aromatic carbocycles. The number of hydrogen-bond donors (Lipinski definition) is 2. The van der Waals surface area contributed by atoms with Crippen LogP contribution in [0.5, 0.6) is 11.5 Å². The number of carbonyl (C=O) groups excluding carboxylic acids is 3. The first kappa shape index (κ1) is 25.2. The Hall–Kier alpha value is -4.85. The van der Waals surface area contributed by atoms with Crippen LogP contribution >= 0.6 is 0 Å². The third kappa shape index (κ3) is 5.87. The van der Waals surface area contributed by atoms with Crippen molar-refractivity contribution in [2.45, 2.75) is 6.92 Å². The van der Waals surface area contributed by atoms with Gasteiger partial charge >= 0.3 is 18.2 Å². The Kier molecular flexibility index (Phi) is 8.00. The van der Waals surface area contributed by atoms with E-state index in [1.165, 1.54) is 0 Å². The maximum absolute atomic E-state index is 12.7. The summed E-state index contributed by atoms with van der Waals surface area (Å²) in [5.41, 5.74) is 1.21. The first-order valence-electron chi connectivity index (χ1n) is 11.8. The van der Waals surface area contributed by atoms with Crippen LogP contribution in [0.1, 0.15) is 6.92 Å². The molecule has 0 aliphatic rings. The molecule has 2 amide bonds. The Labute approximate surface area is 213 Å². The van der Waals surface area contributed by atoms with E-state index in [1.807, 2.05) is 60.7 Å². The van der Waals surface area contributed by atoms with Crippen LogP contribution in [0.3, 0.4) is 0 Å². The summed E-state index contributed by atoms with van der Waals surface area (Å²) < 4.78 is 16.3. The monoisotopic (exact) mass is 498 g/mol. The van der Waals surface area contributed by atoms with Gasteiger partial charge in [-0.3, -0.25) is 0 Å². The fraction of sp³-hybridized carbons (Fsp3) is 0.138. The standard InChI is InChI=1S/C29H26N2O6/c1-3-25(32)35-18-17-31-29(34)37-24-16-14-20-10-6-8-12-22(20)27(24)26-21-11-7-5-9-19(21)13-15-23(26)36-28(33)30-4-2/h3,5-16H,1,4,17-18H2,2H3,(H,30,33)(H,31,34). The maximum Gasteiger partial charge on any atom is 0.412 e. The van der Waals surface area contributed by atoms with E-state index in [0.717, 1.165) is 27.6 Å². The average Bonchev–Trinajstić information content (AvgIpc) is 2.91. The van der Waals surface area contributed by atoms with Gasteiger partial charge in [0.2, 0.25) is 0 Å². The van der Waals surface area contributed by atoms with Gasteiger partial charge in [0.15, 0.2) is 0 Å². The molecule has 0 saturated carbocycles. The van der Waals surface area contributed by atoms with Gasteiger partial charge in [0.05, 0.1) is 6.54 Å². The zero-order chi connectivity index (χ0) is 26.2. The Morgan fingerprint density at radius 3 is 1.78 bits per heavy atom. The van der Waals surface area contributed by atoms with Gasteiger partial charge in [-0.2, -0.15) is 0 Å². The molecule has 0 fully saturated rings. The molecule has 0 spiro atoms. The molecule has 0 aromatic heterocycles. The molecule has 4 rings (SSSR count). The fourth-order valence-electron chi connectivity index (χ4n) is 3.97. The van der Waals surface area contributed by atoms with Crippen molar-refractivity contribution in [2.24, 2.45) is 0 Å². The second kappa shape index (κ2) is 11.7. The molecule has 0 radical (unpaired) electrons. The van der Waals surface area contributed by atoms with Gasteiger partial charge in [-0.25, -0.2) is 14.4 Å². The lowest BCUT2D eigenvalue weighted by atomic mass is 9.92. The Balaban J connectivity index is 1.80. The summed E-state index contributed by atoms with van der Waals surface area (Å²) in [4.78, 5) is 36.3. The number of ether oxygens (including phenoxy) is 3. The summed E-state index contributed by atoms with van der Waals surface area (Å²) >= 11 is 0. The summed E-state index contributed by atoms with van der Waals surface area (Å²) in [6.07, 6.45) is -0.268. The maximum atomic E-state index is 12.7. The second-order valence-electron chi connectivity index (χ2n) is 7.93. The highest BCUT2D eigenvalue weighted by Gasteiger charge is 2.21. The van der Waals surface area contributed by atoms with Gasteiger partial charge in [-0.1, -0.05) is 67.2 Å². The number of fused-ring (bicyclic) bond motifs is 2. The lowest BCUT2D eigenvalue weighted by Crippen LogP contribution is -2.30. The molecule has 0 bridgehead atoms. The number of carbonyl (C=O) groups is 3. The zero-order valence-electron chi connectivity index (χ0n) is 20.3. The van der Waals surface area contributed by atoms with Crippen LogP contribution in [0.2, 0.25) is 0 Å². The smallest absolute Gasteiger partial charge is 0.412 e. The first-order chi connectivity index (χ1) is 18.0. The van der Waals surface area contributed by atoms with Crippen molar-refractivity contribution < 1.29 is 28.6 Å². The summed E-state index contributed by atoms with van der Waals surface area (Å²) in [5, 5.41) is 8.69. The van der Waals surface area contributed by atoms with E-state index in [9.17, 15) is 14.4 Å². The Bertz CT molecular complexity index is 1480. The largest absolute Gasteiger partial charge is 0.461 e. The molecule has 37 heavy (non-hydrogen) atoms. The molecule has 0 saturated heterocycles. The first-order valence-corrected chi connectivity index (χ1v) is 11.8. The number of esters is 1. The SMILES string of the molecule is C=CC(=O)OCCNC(=O)Oc1ccc2ccccc2c1-c1c(OC(=O)NCC)ccc2ccccc12. The van der Waals surface area contributed by atoms with Crippen molar-refractivity contribution in [3.8, 4) is 22.6 Å². The minimum absolute atomic E-state index is 0.0294. The lowest BCUT2D eigenvalue weighted by molar-refractivity contribution is -0.137. The van der Waals surface area contributed by atoms with E-state index in [-0.39, 0.29) is 18.9 Å². The summed E-state index contributed by atoms with van der Waals surface area (Å²) in [5.74, 6) is 0.0153. The summed E-state index contributed by atoms with van der Waals surface area (Å²) in [6, 6.07) is 22.5. The quantitative estimate of drug-likeness (QED) is 0.187. The minimum Gasteiger partial charge on any atom is -0.461 e. The Morgan fingerprint density at radius 2 is 1.27 bits per heavy atom. The van der Waals surface area contributed by atoms with Crippen molar-refractivity contribution in [3.05, 3.63) is 85.5 Å². The topological polar surface area (TPSA) is 103 Å². The predicted octanol–water partition coefficient (Wildman–Crippen LogP) is 5.59. The van der Waals surface area contributed by atoms with Gasteiger partial charge in [-0.15, -0.1) is 0 Å². The van der Waals surface area contributed by atoms with Crippen LogP contribution in [0, 0.1) is 0 Å². The van der Waals surface area contributed by atoms with Crippen LogP contribution in [0.25, 0.3) is 32.7 Å². The zero-order valence-corrected chi connectivity index (χ0v) is 20.3. The molecule has 0 aliphatic heterocycles. The molecule has 8 nitrogen and oxygen atoms in total. The van der Waals surface area contributed by atoms with E-state index < -0.39 is 18.2 Å². The highest BCUT2D eigenvalue weighted by atomic mass is 16.6. The predicted molar refractivity (Wildman–Crippen MR) is 142 cm³/mol. The number of benzene rings is 4. The van der Waals surface area contributed by atoms with Crippen LogP contribution in [0.4, 0.5) is 9.59 Å². The van der Waals surface area contributed by atoms with Crippen molar-refractivity contribution in [3.63, 3.8) is 0 Å². The highest BCUT2D eigenvalue weighted by Crippen LogP contribution is 2.45. The van der Waals surface area contributed by atoms with Crippen LogP contribution in [0.15, 0.2) is 85.5 Å². The van der Waals surface area contributed by atoms with Gasteiger partial charge < -0.3 is 24.8 Å². The fourth-order valence-corrected chi connectivity index (χ4v) is 3.97. The molecule has 188 valence electrons. The van der Waals surface area contributed by atoms with Crippen molar-refractivity contribution in [1.29, 1.82) is 0 Å². The number of amides is 2. The van der Waals surface area contributed by atoms with Crippen LogP contribution in [-0.4, -0.2) is 37.9 Å². The third-order valence-corrected chi connectivity index (χ3v) is 5.54. The third-order valence-electron chi connectivity index (χ3n) is 5.54. The highest BCUT2D eigenvalue weighted by molar-refractivity contribution is 6.10.